The lowest BCUT2D eigenvalue weighted by Crippen LogP contribution is -1.99. The van der Waals surface area contributed by atoms with Gasteiger partial charge in [0.25, 0.3) is 0 Å². The van der Waals surface area contributed by atoms with Crippen molar-refractivity contribution in [2.75, 3.05) is 18.6 Å². The van der Waals surface area contributed by atoms with E-state index in [4.69, 9.17) is 4.74 Å². The van der Waals surface area contributed by atoms with Crippen LogP contribution in [0.4, 0.5) is 0 Å². The Bertz CT molecular complexity index is 284. The fraction of sp³-hybridized carbons (Fsp3) is 0.538. The predicted molar refractivity (Wildman–Crippen MR) is 70.2 cm³/mol. The van der Waals surface area contributed by atoms with Crippen molar-refractivity contribution in [1.82, 2.24) is 0 Å². The van der Waals surface area contributed by atoms with Crippen molar-refractivity contribution >= 4 is 11.8 Å². The average molecular weight is 240 g/mol. The van der Waals surface area contributed by atoms with Gasteiger partial charge in [-0.05, 0) is 42.5 Å². The molecule has 1 atom stereocenters. The molecule has 1 aromatic rings. The maximum absolute atomic E-state index is 9.86. The van der Waals surface area contributed by atoms with Gasteiger partial charge >= 0.3 is 0 Å². The number of hydrogen-bond donors (Lipinski definition) is 1. The summed E-state index contributed by atoms with van der Waals surface area (Å²) >= 11 is 1.75. The van der Waals surface area contributed by atoms with E-state index < -0.39 is 0 Å². The van der Waals surface area contributed by atoms with Gasteiger partial charge in [0, 0.05) is 0 Å². The van der Waals surface area contributed by atoms with E-state index in [1.54, 1.807) is 11.8 Å². The fourth-order valence-electron chi connectivity index (χ4n) is 1.40. The Morgan fingerprint density at radius 1 is 1.31 bits per heavy atom. The van der Waals surface area contributed by atoms with Crippen molar-refractivity contribution in [2.45, 2.75) is 25.9 Å². The van der Waals surface area contributed by atoms with Crippen LogP contribution in [-0.2, 0) is 0 Å². The number of aliphatic hydroxyl groups is 1. The highest BCUT2D eigenvalue weighted by atomic mass is 32.2. The van der Waals surface area contributed by atoms with Gasteiger partial charge in [0.05, 0.1) is 12.7 Å². The van der Waals surface area contributed by atoms with Crippen molar-refractivity contribution in [1.29, 1.82) is 0 Å². The summed E-state index contributed by atoms with van der Waals surface area (Å²) < 4.78 is 5.49. The van der Waals surface area contributed by atoms with E-state index in [9.17, 15) is 5.11 Å². The van der Waals surface area contributed by atoms with E-state index in [1.165, 1.54) is 0 Å². The third-order valence-electron chi connectivity index (χ3n) is 2.33. The molecule has 90 valence electrons. The van der Waals surface area contributed by atoms with Crippen molar-refractivity contribution in [3.05, 3.63) is 29.8 Å². The number of ether oxygens (including phenoxy) is 1. The molecule has 1 unspecified atom stereocenters. The SMILES string of the molecule is CCCOc1ccc(C(O)CCSC)cc1. The van der Waals surface area contributed by atoms with E-state index in [-0.39, 0.29) is 6.10 Å². The molecule has 0 fully saturated rings. The highest BCUT2D eigenvalue weighted by Gasteiger charge is 2.06. The zero-order valence-electron chi connectivity index (χ0n) is 9.98. The smallest absolute Gasteiger partial charge is 0.119 e. The van der Waals surface area contributed by atoms with Gasteiger partial charge in [0.2, 0.25) is 0 Å². The van der Waals surface area contributed by atoms with E-state index in [0.29, 0.717) is 0 Å². The number of aliphatic hydroxyl groups excluding tert-OH is 1. The van der Waals surface area contributed by atoms with Crippen LogP contribution in [0.5, 0.6) is 5.75 Å². The van der Waals surface area contributed by atoms with Gasteiger partial charge in [0.15, 0.2) is 0 Å². The molecule has 0 saturated heterocycles. The van der Waals surface area contributed by atoms with Crippen molar-refractivity contribution in [3.63, 3.8) is 0 Å². The Labute approximate surface area is 102 Å². The molecular formula is C13H20O2S. The molecule has 0 aliphatic heterocycles. The van der Waals surface area contributed by atoms with Crippen LogP contribution in [0.15, 0.2) is 24.3 Å². The van der Waals surface area contributed by atoms with Crippen LogP contribution in [-0.4, -0.2) is 23.7 Å². The van der Waals surface area contributed by atoms with Crippen LogP contribution in [0, 0.1) is 0 Å². The first kappa shape index (κ1) is 13.4. The lowest BCUT2D eigenvalue weighted by Gasteiger charge is -2.11. The molecule has 1 aromatic carbocycles. The molecule has 0 aliphatic rings. The average Bonchev–Trinajstić information content (AvgIpc) is 2.34. The van der Waals surface area contributed by atoms with Crippen LogP contribution < -0.4 is 4.74 Å². The topological polar surface area (TPSA) is 29.5 Å². The highest BCUT2D eigenvalue weighted by molar-refractivity contribution is 7.98. The minimum absolute atomic E-state index is 0.354. The number of thioether (sulfide) groups is 1. The minimum atomic E-state index is -0.354. The first-order valence-corrected chi connectivity index (χ1v) is 7.07. The lowest BCUT2D eigenvalue weighted by atomic mass is 10.1. The van der Waals surface area contributed by atoms with E-state index in [1.807, 2.05) is 24.3 Å². The second-order valence-electron chi connectivity index (χ2n) is 3.71. The molecule has 0 aliphatic carbocycles. The molecule has 0 amide bonds. The summed E-state index contributed by atoms with van der Waals surface area (Å²) in [6.07, 6.45) is 3.51. The van der Waals surface area contributed by atoms with Gasteiger partial charge < -0.3 is 9.84 Å². The van der Waals surface area contributed by atoms with Crippen LogP contribution in [0.1, 0.15) is 31.4 Å². The number of benzene rings is 1. The minimum Gasteiger partial charge on any atom is -0.494 e. The summed E-state index contributed by atoms with van der Waals surface area (Å²) in [4.78, 5) is 0. The standard InChI is InChI=1S/C13H20O2S/c1-3-9-15-12-6-4-11(5-7-12)13(14)8-10-16-2/h4-7,13-14H,3,8-10H2,1-2H3. The number of hydrogen-bond acceptors (Lipinski definition) is 3. The Hall–Kier alpha value is -0.670. The Kier molecular flexibility index (Phi) is 6.34. The second-order valence-corrected chi connectivity index (χ2v) is 4.70. The largest absolute Gasteiger partial charge is 0.494 e. The molecular weight excluding hydrogens is 220 g/mol. The molecule has 3 heteroatoms. The summed E-state index contributed by atoms with van der Waals surface area (Å²) in [7, 11) is 0. The molecule has 0 aromatic heterocycles. The van der Waals surface area contributed by atoms with Gasteiger partial charge in [-0.3, -0.25) is 0 Å². The monoisotopic (exact) mass is 240 g/mol. The zero-order valence-corrected chi connectivity index (χ0v) is 10.8. The molecule has 1 rings (SSSR count). The van der Waals surface area contributed by atoms with Crippen LogP contribution in [0.2, 0.25) is 0 Å². The van der Waals surface area contributed by atoms with Gasteiger partial charge in [-0.15, -0.1) is 0 Å². The van der Waals surface area contributed by atoms with E-state index in [2.05, 4.69) is 13.2 Å². The van der Waals surface area contributed by atoms with Gasteiger partial charge in [-0.2, -0.15) is 11.8 Å². The van der Waals surface area contributed by atoms with Gasteiger partial charge in [0.1, 0.15) is 5.75 Å². The zero-order chi connectivity index (χ0) is 11.8. The molecule has 2 nitrogen and oxygen atoms in total. The van der Waals surface area contributed by atoms with Crippen LogP contribution >= 0.6 is 11.8 Å². The quantitative estimate of drug-likeness (QED) is 0.793. The highest BCUT2D eigenvalue weighted by Crippen LogP contribution is 2.21. The molecule has 0 spiro atoms. The van der Waals surface area contributed by atoms with Crippen LogP contribution in [0.25, 0.3) is 0 Å². The molecule has 0 bridgehead atoms. The maximum atomic E-state index is 9.86. The third-order valence-corrected chi connectivity index (χ3v) is 2.98. The molecule has 0 saturated carbocycles. The number of rotatable bonds is 7. The van der Waals surface area contributed by atoms with Gasteiger partial charge in [-0.1, -0.05) is 19.1 Å². The third kappa shape index (κ3) is 4.45. The van der Waals surface area contributed by atoms with Gasteiger partial charge in [-0.25, -0.2) is 0 Å². The predicted octanol–water partition coefficient (Wildman–Crippen LogP) is 3.26. The Morgan fingerprint density at radius 3 is 2.56 bits per heavy atom. The van der Waals surface area contributed by atoms with E-state index >= 15 is 0 Å². The normalized spacial score (nSPS) is 12.4. The summed E-state index contributed by atoms with van der Waals surface area (Å²) in [6.45, 7) is 2.83. The molecule has 0 radical (unpaired) electrons. The first-order valence-electron chi connectivity index (χ1n) is 5.67. The Balaban J connectivity index is 2.49. The van der Waals surface area contributed by atoms with E-state index in [0.717, 1.165) is 36.5 Å². The second kappa shape index (κ2) is 7.58. The summed E-state index contributed by atoms with van der Waals surface area (Å²) in [6, 6.07) is 7.73. The maximum Gasteiger partial charge on any atom is 0.119 e. The van der Waals surface area contributed by atoms with Crippen LogP contribution in [0.3, 0.4) is 0 Å². The summed E-state index contributed by atoms with van der Waals surface area (Å²) in [5, 5.41) is 9.86. The lowest BCUT2D eigenvalue weighted by molar-refractivity contribution is 0.175. The van der Waals surface area contributed by atoms with Crippen molar-refractivity contribution in [2.24, 2.45) is 0 Å². The summed E-state index contributed by atoms with van der Waals surface area (Å²) in [5.74, 6) is 1.86. The molecule has 0 heterocycles. The van der Waals surface area contributed by atoms with Crippen molar-refractivity contribution in [3.8, 4) is 5.75 Å². The Morgan fingerprint density at radius 2 is 2.00 bits per heavy atom. The fourth-order valence-corrected chi connectivity index (χ4v) is 1.86. The van der Waals surface area contributed by atoms with Crippen molar-refractivity contribution < 1.29 is 9.84 Å². The summed E-state index contributed by atoms with van der Waals surface area (Å²) in [5.41, 5.74) is 0.970. The first-order chi connectivity index (χ1) is 7.77. The molecule has 16 heavy (non-hydrogen) atoms. The molecule has 1 N–H and O–H groups in total.